The second-order valence-corrected chi connectivity index (χ2v) is 5.70. The zero-order valence-corrected chi connectivity index (χ0v) is 10.4. The molecule has 3 rings (SSSR count). The van der Waals surface area contributed by atoms with E-state index in [0.29, 0.717) is 23.1 Å². The highest BCUT2D eigenvalue weighted by atomic mass is 16.3. The Morgan fingerprint density at radius 2 is 2.24 bits per heavy atom. The van der Waals surface area contributed by atoms with Crippen LogP contribution in [0.15, 0.2) is 24.3 Å². The number of hydrogen-bond donors (Lipinski definition) is 2. The Hall–Kier alpha value is -1.02. The van der Waals surface area contributed by atoms with Crippen LogP contribution < -0.4 is 5.32 Å². The summed E-state index contributed by atoms with van der Waals surface area (Å²) in [4.78, 5) is 0. The Balaban J connectivity index is 2.03. The molecule has 0 spiro atoms. The lowest BCUT2D eigenvalue weighted by Gasteiger charge is -2.51. The molecule has 3 atom stereocenters. The Morgan fingerprint density at radius 3 is 3.06 bits per heavy atom. The van der Waals surface area contributed by atoms with E-state index in [1.54, 1.807) is 6.07 Å². The van der Waals surface area contributed by atoms with Gasteiger partial charge in [-0.1, -0.05) is 25.5 Å². The van der Waals surface area contributed by atoms with Gasteiger partial charge >= 0.3 is 0 Å². The van der Waals surface area contributed by atoms with Crippen molar-refractivity contribution in [3.63, 3.8) is 0 Å². The third kappa shape index (κ3) is 1.66. The number of nitrogens with one attached hydrogen (secondary N) is 1. The summed E-state index contributed by atoms with van der Waals surface area (Å²) in [5, 5.41) is 13.4. The molecule has 1 heterocycles. The lowest BCUT2D eigenvalue weighted by Crippen LogP contribution is -2.55. The van der Waals surface area contributed by atoms with Crippen LogP contribution in [0.3, 0.4) is 0 Å². The molecule has 1 aliphatic heterocycles. The van der Waals surface area contributed by atoms with Crippen LogP contribution in [0, 0.1) is 5.92 Å². The van der Waals surface area contributed by atoms with E-state index in [9.17, 15) is 5.11 Å². The molecule has 2 fully saturated rings. The molecule has 0 amide bonds. The van der Waals surface area contributed by atoms with Crippen LogP contribution in [0.5, 0.6) is 5.75 Å². The Morgan fingerprint density at radius 1 is 1.35 bits per heavy atom. The van der Waals surface area contributed by atoms with Gasteiger partial charge in [-0.15, -0.1) is 0 Å². The SMILES string of the molecule is CC1C2CCCC1(c1cccc(O)c1)CCN2. The van der Waals surface area contributed by atoms with Crippen LogP contribution in [0.1, 0.15) is 38.2 Å². The molecule has 1 aromatic carbocycles. The summed E-state index contributed by atoms with van der Waals surface area (Å²) in [7, 11) is 0. The molecule has 2 aliphatic rings. The van der Waals surface area contributed by atoms with Crippen molar-refractivity contribution < 1.29 is 5.11 Å². The number of aromatic hydroxyl groups is 1. The van der Waals surface area contributed by atoms with Crippen molar-refractivity contribution in [3.05, 3.63) is 29.8 Å². The van der Waals surface area contributed by atoms with Crippen LogP contribution in [0.25, 0.3) is 0 Å². The molecule has 2 N–H and O–H groups in total. The van der Waals surface area contributed by atoms with Gasteiger partial charge in [-0.2, -0.15) is 0 Å². The first-order chi connectivity index (χ1) is 8.22. The van der Waals surface area contributed by atoms with Gasteiger partial charge in [0, 0.05) is 11.5 Å². The topological polar surface area (TPSA) is 32.3 Å². The largest absolute Gasteiger partial charge is 0.508 e. The van der Waals surface area contributed by atoms with E-state index in [2.05, 4.69) is 18.3 Å². The summed E-state index contributed by atoms with van der Waals surface area (Å²) in [6.07, 6.45) is 5.09. The molecule has 0 radical (unpaired) electrons. The fourth-order valence-electron chi connectivity index (χ4n) is 3.98. The maximum atomic E-state index is 9.71. The minimum absolute atomic E-state index is 0.299. The normalized spacial score (nSPS) is 36.8. The molecule has 2 bridgehead atoms. The standard InChI is InChI=1S/C15H21NO/c1-11-14-6-3-7-15(11,8-9-16-14)12-4-2-5-13(17)10-12/h2,4-5,10-11,14,16-17H,3,6-9H2,1H3. The smallest absolute Gasteiger partial charge is 0.115 e. The molecule has 3 unspecified atom stereocenters. The van der Waals surface area contributed by atoms with Crippen molar-refractivity contribution in [2.45, 2.75) is 44.1 Å². The average Bonchev–Trinajstić information content (AvgIpc) is 2.29. The third-order valence-electron chi connectivity index (χ3n) is 5.01. The first-order valence-electron chi connectivity index (χ1n) is 6.75. The van der Waals surface area contributed by atoms with Gasteiger partial charge in [0.25, 0.3) is 0 Å². The molecule has 17 heavy (non-hydrogen) atoms. The lowest BCUT2D eigenvalue weighted by molar-refractivity contribution is 0.101. The number of phenols is 1. The molecule has 2 nitrogen and oxygen atoms in total. The highest BCUT2D eigenvalue weighted by Crippen LogP contribution is 2.48. The predicted molar refractivity (Wildman–Crippen MR) is 69.2 cm³/mol. The quantitative estimate of drug-likeness (QED) is 0.779. The van der Waals surface area contributed by atoms with Crippen molar-refractivity contribution in [3.8, 4) is 5.75 Å². The molecular formula is C15H21NO. The third-order valence-corrected chi connectivity index (χ3v) is 5.01. The summed E-state index contributed by atoms with van der Waals surface area (Å²) in [6.45, 7) is 3.49. The molecule has 1 aliphatic carbocycles. The number of rotatable bonds is 1. The van der Waals surface area contributed by atoms with Gasteiger partial charge in [0.05, 0.1) is 0 Å². The van der Waals surface area contributed by atoms with Gasteiger partial charge in [-0.3, -0.25) is 0 Å². The maximum Gasteiger partial charge on any atom is 0.115 e. The molecule has 1 saturated heterocycles. The van der Waals surface area contributed by atoms with Crippen molar-refractivity contribution in [1.29, 1.82) is 0 Å². The van der Waals surface area contributed by atoms with E-state index < -0.39 is 0 Å². The number of piperidine rings is 1. The van der Waals surface area contributed by atoms with E-state index in [1.165, 1.54) is 31.2 Å². The van der Waals surface area contributed by atoms with E-state index in [0.717, 1.165) is 6.54 Å². The lowest BCUT2D eigenvalue weighted by atomic mass is 9.58. The zero-order valence-electron chi connectivity index (χ0n) is 10.4. The number of benzene rings is 1. The van der Waals surface area contributed by atoms with Gasteiger partial charge in [-0.25, -0.2) is 0 Å². The number of hydrogen-bond acceptors (Lipinski definition) is 2. The molecule has 1 aromatic rings. The minimum Gasteiger partial charge on any atom is -0.508 e. The van der Waals surface area contributed by atoms with E-state index in [-0.39, 0.29) is 0 Å². The van der Waals surface area contributed by atoms with Crippen molar-refractivity contribution in [2.24, 2.45) is 5.92 Å². The van der Waals surface area contributed by atoms with Crippen molar-refractivity contribution in [2.75, 3.05) is 6.54 Å². The van der Waals surface area contributed by atoms with Crippen molar-refractivity contribution in [1.82, 2.24) is 5.32 Å². The second-order valence-electron chi connectivity index (χ2n) is 5.70. The summed E-state index contributed by atoms with van der Waals surface area (Å²) >= 11 is 0. The van der Waals surface area contributed by atoms with Gasteiger partial charge < -0.3 is 10.4 Å². The summed E-state index contributed by atoms with van der Waals surface area (Å²) in [5.41, 5.74) is 1.64. The van der Waals surface area contributed by atoms with Crippen LogP contribution >= 0.6 is 0 Å². The fraction of sp³-hybridized carbons (Fsp3) is 0.600. The number of phenolic OH excluding ortho intramolecular Hbond substituents is 1. The summed E-state index contributed by atoms with van der Waals surface area (Å²) in [6, 6.07) is 8.60. The maximum absolute atomic E-state index is 9.71. The molecule has 92 valence electrons. The van der Waals surface area contributed by atoms with E-state index in [1.807, 2.05) is 12.1 Å². The van der Waals surface area contributed by atoms with Gasteiger partial charge in [0.1, 0.15) is 5.75 Å². The van der Waals surface area contributed by atoms with Crippen LogP contribution in [-0.4, -0.2) is 17.7 Å². The van der Waals surface area contributed by atoms with Gasteiger partial charge in [-0.05, 0) is 49.4 Å². The van der Waals surface area contributed by atoms with E-state index in [4.69, 9.17) is 0 Å². The highest BCUT2D eigenvalue weighted by molar-refractivity contribution is 5.35. The minimum atomic E-state index is 0.299. The fourth-order valence-corrected chi connectivity index (χ4v) is 3.98. The first kappa shape index (κ1) is 11.1. The summed E-state index contributed by atoms with van der Waals surface area (Å²) in [5.74, 6) is 1.08. The molecule has 0 aromatic heterocycles. The Labute approximate surface area is 103 Å². The van der Waals surface area contributed by atoms with Crippen molar-refractivity contribution >= 4 is 0 Å². The molecule has 2 heteroatoms. The van der Waals surface area contributed by atoms with Gasteiger partial charge in [0.15, 0.2) is 0 Å². The second kappa shape index (κ2) is 4.02. The first-order valence-corrected chi connectivity index (χ1v) is 6.75. The Bertz CT molecular complexity index is 405. The van der Waals surface area contributed by atoms with E-state index >= 15 is 0 Å². The average molecular weight is 231 g/mol. The monoisotopic (exact) mass is 231 g/mol. The zero-order chi connectivity index (χ0) is 11.9. The van der Waals surface area contributed by atoms with Gasteiger partial charge in [0.2, 0.25) is 0 Å². The number of fused-ring (bicyclic) bond motifs is 2. The Kier molecular flexibility index (Phi) is 2.62. The summed E-state index contributed by atoms with van der Waals surface area (Å²) < 4.78 is 0. The van der Waals surface area contributed by atoms with Crippen LogP contribution in [0.4, 0.5) is 0 Å². The molecular weight excluding hydrogens is 210 g/mol. The van der Waals surface area contributed by atoms with Crippen LogP contribution in [0.2, 0.25) is 0 Å². The molecule has 1 saturated carbocycles. The van der Waals surface area contributed by atoms with Crippen LogP contribution in [-0.2, 0) is 5.41 Å². The highest BCUT2D eigenvalue weighted by Gasteiger charge is 2.46. The predicted octanol–water partition coefficient (Wildman–Crippen LogP) is 2.81.